The highest BCUT2D eigenvalue weighted by molar-refractivity contribution is 5.86. The number of carbonyl (C=O) groups excluding carboxylic acids is 1. The Morgan fingerprint density at radius 1 is 1.35 bits per heavy atom. The normalized spacial score (nSPS) is 14.3. The molecule has 8 heteroatoms. The van der Waals surface area contributed by atoms with Gasteiger partial charge in [-0.1, -0.05) is 5.21 Å². The highest BCUT2D eigenvalue weighted by Gasteiger charge is 2.25. The Labute approximate surface area is 132 Å². The number of carbonyl (C=O) groups is 1. The molecule has 0 atom stereocenters. The summed E-state index contributed by atoms with van der Waals surface area (Å²) in [4.78, 5) is 16.1. The van der Waals surface area contributed by atoms with Crippen molar-refractivity contribution in [3.05, 3.63) is 41.6 Å². The molecule has 118 valence electrons. The summed E-state index contributed by atoms with van der Waals surface area (Å²) in [5.41, 5.74) is 2.93. The maximum absolute atomic E-state index is 11.6. The Hall–Kier alpha value is -2.77. The van der Waals surface area contributed by atoms with Gasteiger partial charge in [0, 0.05) is 5.92 Å². The zero-order valence-electron chi connectivity index (χ0n) is 12.7. The van der Waals surface area contributed by atoms with Crippen LogP contribution in [0.2, 0.25) is 0 Å². The number of nitrogens with zero attached hydrogens (tertiary/aromatic N) is 6. The van der Waals surface area contributed by atoms with Gasteiger partial charge in [0.25, 0.3) is 0 Å². The van der Waals surface area contributed by atoms with Crippen LogP contribution in [0.3, 0.4) is 0 Å². The largest absolute Gasteiger partial charge is 0.461 e. The first-order chi connectivity index (χ1) is 11.2. The van der Waals surface area contributed by atoms with Crippen molar-refractivity contribution in [3.63, 3.8) is 0 Å². The monoisotopic (exact) mass is 312 g/mol. The number of aromatic nitrogens is 6. The molecule has 1 aliphatic carbocycles. The second kappa shape index (κ2) is 5.45. The van der Waals surface area contributed by atoms with Crippen molar-refractivity contribution >= 4 is 11.6 Å². The van der Waals surface area contributed by atoms with Crippen LogP contribution >= 0.6 is 0 Å². The molecule has 8 nitrogen and oxygen atoms in total. The molecule has 0 aliphatic heterocycles. The lowest BCUT2D eigenvalue weighted by Gasteiger charge is -1.96. The zero-order chi connectivity index (χ0) is 15.8. The molecule has 0 bridgehead atoms. The van der Waals surface area contributed by atoms with Crippen molar-refractivity contribution in [1.82, 2.24) is 29.6 Å². The lowest BCUT2D eigenvalue weighted by Crippen LogP contribution is -2.05. The summed E-state index contributed by atoms with van der Waals surface area (Å²) >= 11 is 0. The predicted molar refractivity (Wildman–Crippen MR) is 80.0 cm³/mol. The number of esters is 1. The molecule has 1 saturated carbocycles. The molecule has 0 spiro atoms. The van der Waals surface area contributed by atoms with E-state index in [2.05, 4.69) is 20.4 Å². The van der Waals surface area contributed by atoms with Crippen molar-refractivity contribution in [3.8, 4) is 0 Å². The third kappa shape index (κ3) is 2.79. The lowest BCUT2D eigenvalue weighted by molar-refractivity contribution is 0.0519. The Balaban J connectivity index is 1.54. The van der Waals surface area contributed by atoms with Crippen LogP contribution in [-0.4, -0.2) is 42.2 Å². The average Bonchev–Trinajstić information content (AvgIpc) is 3.15. The van der Waals surface area contributed by atoms with Crippen molar-refractivity contribution in [1.29, 1.82) is 0 Å². The molecule has 4 rings (SSSR count). The topological polar surface area (TPSA) is 87.2 Å². The van der Waals surface area contributed by atoms with E-state index in [9.17, 15) is 4.79 Å². The van der Waals surface area contributed by atoms with E-state index < -0.39 is 5.97 Å². The second-order valence-electron chi connectivity index (χ2n) is 5.59. The summed E-state index contributed by atoms with van der Waals surface area (Å²) < 4.78 is 8.26. The van der Waals surface area contributed by atoms with E-state index in [1.807, 2.05) is 18.3 Å². The molecule has 0 unspecified atom stereocenters. The number of hydrogen-bond acceptors (Lipinski definition) is 6. The fourth-order valence-corrected chi connectivity index (χ4v) is 2.46. The second-order valence-corrected chi connectivity index (χ2v) is 5.59. The Bertz CT molecular complexity index is 864. The van der Waals surface area contributed by atoms with Gasteiger partial charge in [-0.2, -0.15) is 5.10 Å². The molecule has 3 heterocycles. The fraction of sp³-hybridized carbons (Fsp3) is 0.400. The summed E-state index contributed by atoms with van der Waals surface area (Å²) in [6.45, 7) is 2.49. The SMILES string of the molecule is CCOC(=O)c1cn(Cc2cn3nc(C4CC4)ccc3n2)nn1. The van der Waals surface area contributed by atoms with E-state index in [-0.39, 0.29) is 5.69 Å². The molecule has 1 fully saturated rings. The molecule has 0 aromatic carbocycles. The number of ether oxygens (including phenoxy) is 1. The molecule has 0 saturated heterocycles. The van der Waals surface area contributed by atoms with Crippen LogP contribution in [0.5, 0.6) is 0 Å². The van der Waals surface area contributed by atoms with Gasteiger partial charge < -0.3 is 4.74 Å². The van der Waals surface area contributed by atoms with Crippen molar-refractivity contribution in [2.75, 3.05) is 6.61 Å². The minimum atomic E-state index is -0.468. The summed E-state index contributed by atoms with van der Waals surface area (Å²) in [6, 6.07) is 4.02. The molecule has 0 radical (unpaired) electrons. The van der Waals surface area contributed by atoms with Gasteiger partial charge in [-0.05, 0) is 31.9 Å². The van der Waals surface area contributed by atoms with Gasteiger partial charge in [0.05, 0.1) is 36.9 Å². The molecular weight excluding hydrogens is 296 g/mol. The Kier molecular flexibility index (Phi) is 3.29. The van der Waals surface area contributed by atoms with E-state index in [0.29, 0.717) is 19.1 Å². The summed E-state index contributed by atoms with van der Waals surface area (Å²) in [5.74, 6) is 0.136. The lowest BCUT2D eigenvalue weighted by atomic mass is 10.3. The van der Waals surface area contributed by atoms with Crippen molar-refractivity contribution in [2.24, 2.45) is 0 Å². The highest BCUT2D eigenvalue weighted by atomic mass is 16.5. The van der Waals surface area contributed by atoms with Crippen molar-refractivity contribution in [2.45, 2.75) is 32.2 Å². The van der Waals surface area contributed by atoms with Crippen LogP contribution in [0.15, 0.2) is 24.5 Å². The first-order valence-corrected chi connectivity index (χ1v) is 7.65. The molecule has 0 N–H and O–H groups in total. The van der Waals surface area contributed by atoms with Crippen LogP contribution in [0, 0.1) is 0 Å². The Morgan fingerprint density at radius 3 is 3.00 bits per heavy atom. The van der Waals surface area contributed by atoms with Gasteiger partial charge >= 0.3 is 5.97 Å². The van der Waals surface area contributed by atoms with E-state index >= 15 is 0 Å². The van der Waals surface area contributed by atoms with Crippen LogP contribution < -0.4 is 0 Å². The van der Waals surface area contributed by atoms with Gasteiger partial charge in [0.1, 0.15) is 0 Å². The molecule has 0 amide bonds. The first kappa shape index (κ1) is 13.9. The van der Waals surface area contributed by atoms with Crippen LogP contribution in [-0.2, 0) is 11.3 Å². The summed E-state index contributed by atoms with van der Waals surface area (Å²) in [5, 5.41) is 12.3. The average molecular weight is 312 g/mol. The number of imidazole rings is 1. The molecular formula is C15H16N6O2. The van der Waals surface area contributed by atoms with Gasteiger partial charge in [-0.15, -0.1) is 5.10 Å². The quantitative estimate of drug-likeness (QED) is 0.662. The standard InChI is InChI=1S/C15H16N6O2/c1-2-23-15(22)13-9-20(19-17-13)7-11-8-21-14(16-11)6-5-12(18-21)10-3-4-10/h5-6,8-10H,2-4,7H2,1H3. The third-order valence-electron chi connectivity index (χ3n) is 3.73. The molecule has 3 aromatic rings. The smallest absolute Gasteiger partial charge is 0.360 e. The highest BCUT2D eigenvalue weighted by Crippen LogP contribution is 2.38. The molecule has 23 heavy (non-hydrogen) atoms. The number of fused-ring (bicyclic) bond motifs is 1. The van der Waals surface area contributed by atoms with Gasteiger partial charge in [0.15, 0.2) is 11.3 Å². The van der Waals surface area contributed by atoms with Crippen molar-refractivity contribution < 1.29 is 9.53 Å². The minimum Gasteiger partial charge on any atom is -0.461 e. The first-order valence-electron chi connectivity index (χ1n) is 7.65. The summed E-state index contributed by atoms with van der Waals surface area (Å²) in [7, 11) is 0. The van der Waals surface area contributed by atoms with Crippen LogP contribution in [0.4, 0.5) is 0 Å². The van der Waals surface area contributed by atoms with Gasteiger partial charge in [-0.25, -0.2) is 19.0 Å². The van der Waals surface area contributed by atoms with E-state index in [1.54, 1.807) is 22.3 Å². The predicted octanol–water partition coefficient (Wildman–Crippen LogP) is 1.42. The fourth-order valence-electron chi connectivity index (χ4n) is 2.46. The van der Waals surface area contributed by atoms with E-state index in [0.717, 1.165) is 17.0 Å². The third-order valence-corrected chi connectivity index (χ3v) is 3.73. The van der Waals surface area contributed by atoms with E-state index in [1.165, 1.54) is 12.8 Å². The minimum absolute atomic E-state index is 0.199. The van der Waals surface area contributed by atoms with Crippen LogP contribution in [0.1, 0.15) is 47.6 Å². The Morgan fingerprint density at radius 2 is 2.22 bits per heavy atom. The van der Waals surface area contributed by atoms with Crippen LogP contribution in [0.25, 0.3) is 5.65 Å². The number of hydrogen-bond donors (Lipinski definition) is 0. The zero-order valence-corrected chi connectivity index (χ0v) is 12.7. The van der Waals surface area contributed by atoms with Gasteiger partial charge in [-0.3, -0.25) is 0 Å². The van der Waals surface area contributed by atoms with E-state index in [4.69, 9.17) is 4.74 Å². The molecule has 1 aliphatic rings. The summed E-state index contributed by atoms with van der Waals surface area (Å²) in [6.07, 6.45) is 5.88. The number of rotatable bonds is 5. The maximum Gasteiger partial charge on any atom is 0.360 e. The maximum atomic E-state index is 11.6. The molecule has 3 aromatic heterocycles. The van der Waals surface area contributed by atoms with Gasteiger partial charge in [0.2, 0.25) is 0 Å².